The Morgan fingerprint density at radius 3 is 2.52 bits per heavy atom. The van der Waals surface area contributed by atoms with Crippen LogP contribution in [0.15, 0.2) is 64.8 Å². The molecule has 0 unspecified atom stereocenters. The van der Waals surface area contributed by atoms with Crippen LogP contribution < -0.4 is 5.56 Å². The Kier molecular flexibility index (Phi) is 7.10. The van der Waals surface area contributed by atoms with Gasteiger partial charge in [0.05, 0.1) is 11.8 Å². The second-order valence-electron chi connectivity index (χ2n) is 7.74. The van der Waals surface area contributed by atoms with E-state index in [2.05, 4.69) is 16.9 Å². The summed E-state index contributed by atoms with van der Waals surface area (Å²) in [5.74, 6) is -0.333. The van der Waals surface area contributed by atoms with E-state index >= 15 is 0 Å². The molecule has 0 atom stereocenters. The van der Waals surface area contributed by atoms with Crippen molar-refractivity contribution in [3.05, 3.63) is 87.3 Å². The molecule has 33 heavy (non-hydrogen) atoms. The summed E-state index contributed by atoms with van der Waals surface area (Å²) in [6.07, 6.45) is 2.06. The maximum atomic E-state index is 12.7. The second kappa shape index (κ2) is 10.4. The third-order valence-corrected chi connectivity index (χ3v) is 6.19. The molecule has 0 amide bonds. The quantitative estimate of drug-likeness (QED) is 0.270. The smallest absolute Gasteiger partial charge is 0.306 e. The number of aryl methyl sites for hydroxylation is 1. The van der Waals surface area contributed by atoms with Gasteiger partial charge in [0.25, 0.3) is 5.56 Å². The molecule has 0 radical (unpaired) electrons. The summed E-state index contributed by atoms with van der Waals surface area (Å²) in [6.45, 7) is 1.96. The Morgan fingerprint density at radius 2 is 1.79 bits per heavy atom. The summed E-state index contributed by atoms with van der Waals surface area (Å²) < 4.78 is 5.24. The van der Waals surface area contributed by atoms with Crippen LogP contribution in [-0.4, -0.2) is 21.7 Å². The van der Waals surface area contributed by atoms with Gasteiger partial charge in [-0.05, 0) is 17.5 Å². The zero-order valence-corrected chi connectivity index (χ0v) is 19.1. The van der Waals surface area contributed by atoms with Gasteiger partial charge in [0.2, 0.25) is 0 Å². The summed E-state index contributed by atoms with van der Waals surface area (Å²) in [5, 5.41) is 2.43. The molecule has 0 bridgehead atoms. The van der Waals surface area contributed by atoms with E-state index < -0.39 is 5.97 Å². The molecule has 6 nitrogen and oxygen atoms in total. The van der Waals surface area contributed by atoms with Crippen molar-refractivity contribution in [1.82, 2.24) is 9.97 Å². The lowest BCUT2D eigenvalue weighted by Crippen LogP contribution is -2.14. The first-order valence-electron chi connectivity index (χ1n) is 10.9. The number of ether oxygens (including phenoxy) is 1. The number of hydrogen-bond donors (Lipinski definition) is 1. The molecule has 2 aromatic carbocycles. The lowest BCUT2D eigenvalue weighted by atomic mass is 10.0. The van der Waals surface area contributed by atoms with Gasteiger partial charge < -0.3 is 9.72 Å². The van der Waals surface area contributed by atoms with Crippen LogP contribution in [0.1, 0.15) is 47.9 Å². The summed E-state index contributed by atoms with van der Waals surface area (Å²) in [7, 11) is 0. The molecular weight excluding hydrogens is 436 g/mol. The highest BCUT2D eigenvalue weighted by atomic mass is 32.1. The zero-order chi connectivity index (χ0) is 23.2. The van der Waals surface area contributed by atoms with Crippen LogP contribution in [0.25, 0.3) is 21.3 Å². The monoisotopic (exact) mass is 460 g/mol. The normalized spacial score (nSPS) is 10.9. The number of esters is 1. The number of nitrogens with one attached hydrogen (secondary N) is 1. The third-order valence-electron chi connectivity index (χ3n) is 5.32. The fourth-order valence-electron chi connectivity index (χ4n) is 3.62. The lowest BCUT2D eigenvalue weighted by molar-refractivity contribution is -0.145. The first-order chi connectivity index (χ1) is 16.0. The average Bonchev–Trinajstić information content (AvgIpc) is 3.27. The summed E-state index contributed by atoms with van der Waals surface area (Å²) >= 11 is 1.37. The highest BCUT2D eigenvalue weighted by Crippen LogP contribution is 2.30. The standard InChI is InChI=1S/C26H24N2O4S/c1-2-6-17-9-11-19(12-10-17)21(29)13-14-23(30)32-15-22-27-25(31)24-20(16-33-26(24)28-22)18-7-4-3-5-8-18/h3-5,7-12,16H,2,6,13-15H2,1H3,(H,27,28,31). The molecule has 2 heterocycles. The van der Waals surface area contributed by atoms with E-state index in [-0.39, 0.29) is 36.6 Å². The maximum absolute atomic E-state index is 12.7. The number of ketones is 1. The molecule has 4 aromatic rings. The number of fused-ring (bicyclic) bond motifs is 1. The molecule has 7 heteroatoms. The topological polar surface area (TPSA) is 89.1 Å². The number of aromatic amines is 1. The molecule has 0 aliphatic heterocycles. The van der Waals surface area contributed by atoms with E-state index in [0.717, 1.165) is 24.0 Å². The number of Topliss-reactive ketones (excluding diaryl/α,β-unsaturated/α-hetero) is 1. The molecular formula is C26H24N2O4S. The summed E-state index contributed by atoms with van der Waals surface area (Å²) in [4.78, 5) is 44.9. The van der Waals surface area contributed by atoms with Gasteiger partial charge in [-0.1, -0.05) is 67.9 Å². The molecule has 168 valence electrons. The SMILES string of the molecule is CCCc1ccc(C(=O)CCC(=O)OCc2nc3scc(-c4ccccc4)c3c(=O)[nH]2)cc1. The van der Waals surface area contributed by atoms with Crippen molar-refractivity contribution < 1.29 is 14.3 Å². The van der Waals surface area contributed by atoms with Crippen molar-refractivity contribution >= 4 is 33.3 Å². The van der Waals surface area contributed by atoms with E-state index in [4.69, 9.17) is 4.74 Å². The number of carbonyl (C=O) groups is 2. The Labute approximate surface area is 195 Å². The van der Waals surface area contributed by atoms with E-state index in [1.165, 1.54) is 16.9 Å². The van der Waals surface area contributed by atoms with Crippen LogP contribution >= 0.6 is 11.3 Å². The number of rotatable bonds is 9. The van der Waals surface area contributed by atoms with Crippen molar-refractivity contribution in [1.29, 1.82) is 0 Å². The predicted molar refractivity (Wildman–Crippen MR) is 129 cm³/mol. The molecule has 0 fully saturated rings. The van der Waals surface area contributed by atoms with Gasteiger partial charge in [0, 0.05) is 22.9 Å². The van der Waals surface area contributed by atoms with Crippen LogP contribution in [0.2, 0.25) is 0 Å². The van der Waals surface area contributed by atoms with Gasteiger partial charge in [-0.15, -0.1) is 11.3 Å². The fourth-order valence-corrected chi connectivity index (χ4v) is 4.59. The van der Waals surface area contributed by atoms with Crippen LogP contribution in [0.3, 0.4) is 0 Å². The second-order valence-corrected chi connectivity index (χ2v) is 8.60. The van der Waals surface area contributed by atoms with Gasteiger partial charge in [-0.2, -0.15) is 0 Å². The Balaban J connectivity index is 1.35. The van der Waals surface area contributed by atoms with Crippen molar-refractivity contribution in [2.75, 3.05) is 0 Å². The van der Waals surface area contributed by atoms with Crippen LogP contribution in [0.4, 0.5) is 0 Å². The maximum Gasteiger partial charge on any atom is 0.306 e. The van der Waals surface area contributed by atoms with E-state index in [1.54, 1.807) is 12.1 Å². The molecule has 0 saturated heterocycles. The number of benzene rings is 2. The van der Waals surface area contributed by atoms with Gasteiger partial charge >= 0.3 is 5.97 Å². The number of thiophene rings is 1. The van der Waals surface area contributed by atoms with Crippen LogP contribution in [-0.2, 0) is 22.6 Å². The minimum atomic E-state index is -0.509. The molecule has 1 N–H and O–H groups in total. The number of hydrogen-bond acceptors (Lipinski definition) is 6. The minimum absolute atomic E-state index is 0.0286. The Morgan fingerprint density at radius 1 is 1.03 bits per heavy atom. The Hall–Kier alpha value is -3.58. The fraction of sp³-hybridized carbons (Fsp3) is 0.231. The molecule has 0 aliphatic carbocycles. The zero-order valence-electron chi connectivity index (χ0n) is 18.3. The van der Waals surface area contributed by atoms with Gasteiger partial charge in [0.15, 0.2) is 5.78 Å². The van der Waals surface area contributed by atoms with Crippen molar-refractivity contribution in [3.8, 4) is 11.1 Å². The molecule has 0 saturated carbocycles. The predicted octanol–water partition coefficient (Wildman–Crippen LogP) is 5.31. The highest BCUT2D eigenvalue weighted by molar-refractivity contribution is 7.17. The molecule has 0 aliphatic rings. The van der Waals surface area contributed by atoms with Crippen molar-refractivity contribution in [2.45, 2.75) is 39.2 Å². The summed E-state index contributed by atoms with van der Waals surface area (Å²) in [6, 6.07) is 17.1. The van der Waals surface area contributed by atoms with Gasteiger partial charge in [0.1, 0.15) is 17.3 Å². The van der Waals surface area contributed by atoms with Crippen LogP contribution in [0.5, 0.6) is 0 Å². The van der Waals surface area contributed by atoms with E-state index in [1.807, 2.05) is 47.8 Å². The van der Waals surface area contributed by atoms with Crippen molar-refractivity contribution in [3.63, 3.8) is 0 Å². The van der Waals surface area contributed by atoms with E-state index in [0.29, 0.717) is 15.8 Å². The van der Waals surface area contributed by atoms with E-state index in [9.17, 15) is 14.4 Å². The number of carbonyl (C=O) groups excluding carboxylic acids is 2. The van der Waals surface area contributed by atoms with Crippen LogP contribution in [0, 0.1) is 0 Å². The number of nitrogens with zero attached hydrogens (tertiary/aromatic N) is 1. The largest absolute Gasteiger partial charge is 0.458 e. The third kappa shape index (κ3) is 5.43. The molecule has 2 aromatic heterocycles. The summed E-state index contributed by atoms with van der Waals surface area (Å²) in [5.41, 5.74) is 3.28. The highest BCUT2D eigenvalue weighted by Gasteiger charge is 2.15. The molecule has 0 spiro atoms. The minimum Gasteiger partial charge on any atom is -0.458 e. The number of aromatic nitrogens is 2. The van der Waals surface area contributed by atoms with Gasteiger partial charge in [-0.3, -0.25) is 14.4 Å². The van der Waals surface area contributed by atoms with Gasteiger partial charge in [-0.25, -0.2) is 4.98 Å². The molecule has 4 rings (SSSR count). The average molecular weight is 461 g/mol. The Bertz CT molecular complexity index is 1320. The van der Waals surface area contributed by atoms with Crippen molar-refractivity contribution in [2.24, 2.45) is 0 Å². The lowest BCUT2D eigenvalue weighted by Gasteiger charge is -2.06. The first kappa shape index (κ1) is 22.6. The number of H-pyrrole nitrogens is 1. The first-order valence-corrected chi connectivity index (χ1v) is 11.8.